The first-order valence-corrected chi connectivity index (χ1v) is 10.8. The number of aryl methyl sites for hydroxylation is 2. The Kier molecular flexibility index (Phi) is 5.08. The van der Waals surface area contributed by atoms with Crippen molar-refractivity contribution >= 4 is 23.1 Å². The van der Waals surface area contributed by atoms with Crippen LogP contribution in [-0.2, 0) is 22.6 Å². The van der Waals surface area contributed by atoms with Gasteiger partial charge in [-0.15, -0.1) is 0 Å². The third-order valence-electron chi connectivity index (χ3n) is 6.31. The molecule has 0 bridgehead atoms. The Morgan fingerprint density at radius 2 is 1.61 bits per heavy atom. The van der Waals surface area contributed by atoms with Crippen molar-refractivity contribution in [1.82, 2.24) is 4.90 Å². The second-order valence-electron chi connectivity index (χ2n) is 8.52. The average Bonchev–Trinajstić information content (AvgIpc) is 3.05. The molecule has 2 aliphatic rings. The monoisotopic (exact) mass is 444 g/mol. The average molecular weight is 444 g/mol. The van der Waals surface area contributed by atoms with Crippen LogP contribution in [0.2, 0.25) is 0 Å². The molecule has 0 radical (unpaired) electrons. The van der Waals surface area contributed by atoms with Crippen molar-refractivity contribution in [2.75, 3.05) is 11.4 Å². The second-order valence-corrected chi connectivity index (χ2v) is 8.52. The van der Waals surface area contributed by atoms with Gasteiger partial charge in [0.15, 0.2) is 0 Å². The maximum absolute atomic E-state index is 14.7. The number of rotatable bonds is 3. The van der Waals surface area contributed by atoms with E-state index in [-0.39, 0.29) is 17.0 Å². The van der Waals surface area contributed by atoms with Gasteiger partial charge in [-0.1, -0.05) is 48.0 Å². The number of anilines is 1. The van der Waals surface area contributed by atoms with E-state index in [9.17, 15) is 18.4 Å². The van der Waals surface area contributed by atoms with Crippen molar-refractivity contribution in [3.05, 3.63) is 106 Å². The predicted octanol–water partition coefficient (Wildman–Crippen LogP) is 4.92. The van der Waals surface area contributed by atoms with Crippen LogP contribution in [0.3, 0.4) is 0 Å². The highest BCUT2D eigenvalue weighted by molar-refractivity contribution is 6.45. The van der Waals surface area contributed by atoms with Crippen LogP contribution in [0.4, 0.5) is 14.5 Å². The Balaban J connectivity index is 1.67. The first-order valence-electron chi connectivity index (χ1n) is 10.8. The van der Waals surface area contributed by atoms with Crippen LogP contribution in [0.1, 0.15) is 27.8 Å². The number of hydrogen-bond acceptors (Lipinski definition) is 3. The van der Waals surface area contributed by atoms with E-state index in [0.29, 0.717) is 18.7 Å². The van der Waals surface area contributed by atoms with Crippen LogP contribution in [0.25, 0.3) is 5.57 Å². The molecule has 33 heavy (non-hydrogen) atoms. The molecule has 0 aromatic heterocycles. The molecule has 4 nitrogen and oxygen atoms in total. The highest BCUT2D eigenvalue weighted by Crippen LogP contribution is 2.38. The van der Waals surface area contributed by atoms with Gasteiger partial charge in [0.25, 0.3) is 11.8 Å². The number of carbonyl (C=O) groups is 2. The smallest absolute Gasteiger partial charge is 0.282 e. The number of amides is 2. The molecule has 0 saturated heterocycles. The standard InChI is InChI=1S/C27H22F2N2O2/c1-16-7-9-21(17(2)13-16)24-25(30-12-11-18-5-3-4-6-19(18)15-30)27(33)31(26(24)32)23-14-20(28)8-10-22(23)29/h3-10,13-14H,11-12,15H2,1-2H3. The molecule has 6 heteroatoms. The van der Waals surface area contributed by atoms with Gasteiger partial charge in [0.05, 0.1) is 11.3 Å². The summed E-state index contributed by atoms with van der Waals surface area (Å²) in [5, 5.41) is 0. The minimum Gasteiger partial charge on any atom is -0.362 e. The van der Waals surface area contributed by atoms with Crippen molar-refractivity contribution in [2.45, 2.75) is 26.8 Å². The summed E-state index contributed by atoms with van der Waals surface area (Å²) < 4.78 is 28.6. The highest BCUT2D eigenvalue weighted by atomic mass is 19.1. The topological polar surface area (TPSA) is 40.6 Å². The maximum Gasteiger partial charge on any atom is 0.282 e. The molecule has 0 spiro atoms. The molecule has 2 aliphatic heterocycles. The van der Waals surface area contributed by atoms with Crippen molar-refractivity contribution < 1.29 is 18.4 Å². The van der Waals surface area contributed by atoms with Gasteiger partial charge in [-0.3, -0.25) is 9.59 Å². The quantitative estimate of drug-likeness (QED) is 0.538. The summed E-state index contributed by atoms with van der Waals surface area (Å²) in [6, 6.07) is 16.4. The summed E-state index contributed by atoms with van der Waals surface area (Å²) in [6.07, 6.45) is 0.718. The fourth-order valence-corrected chi connectivity index (χ4v) is 4.71. The van der Waals surface area contributed by atoms with E-state index in [1.165, 1.54) is 5.56 Å². The van der Waals surface area contributed by atoms with Gasteiger partial charge in [-0.25, -0.2) is 13.7 Å². The van der Waals surface area contributed by atoms with Crippen LogP contribution < -0.4 is 4.90 Å². The van der Waals surface area contributed by atoms with E-state index >= 15 is 0 Å². The van der Waals surface area contributed by atoms with Crippen LogP contribution in [0, 0.1) is 25.5 Å². The van der Waals surface area contributed by atoms with Gasteiger partial charge in [-0.2, -0.15) is 0 Å². The van der Waals surface area contributed by atoms with E-state index in [1.54, 1.807) is 0 Å². The lowest BCUT2D eigenvalue weighted by Crippen LogP contribution is -2.37. The molecule has 0 unspecified atom stereocenters. The SMILES string of the molecule is Cc1ccc(C2=C(N3CCc4ccccc4C3)C(=O)N(c3cc(F)ccc3F)C2=O)c(C)c1. The van der Waals surface area contributed by atoms with Gasteiger partial charge >= 0.3 is 0 Å². The van der Waals surface area contributed by atoms with Gasteiger partial charge in [0.1, 0.15) is 17.3 Å². The second kappa shape index (κ2) is 7.96. The number of halogens is 2. The molecule has 3 aromatic rings. The van der Waals surface area contributed by atoms with E-state index in [0.717, 1.165) is 46.2 Å². The fraction of sp³-hybridized carbons (Fsp3) is 0.185. The largest absolute Gasteiger partial charge is 0.362 e. The van der Waals surface area contributed by atoms with Crippen LogP contribution in [-0.4, -0.2) is 23.3 Å². The Hall–Kier alpha value is -3.80. The Morgan fingerprint density at radius 3 is 2.36 bits per heavy atom. The lowest BCUT2D eigenvalue weighted by molar-refractivity contribution is -0.120. The lowest BCUT2D eigenvalue weighted by Gasteiger charge is -2.31. The molecule has 0 fully saturated rings. The molecule has 0 N–H and O–H groups in total. The fourth-order valence-electron chi connectivity index (χ4n) is 4.71. The first kappa shape index (κ1) is 21.1. The zero-order chi connectivity index (χ0) is 23.3. The molecular weight excluding hydrogens is 422 g/mol. The molecule has 0 aliphatic carbocycles. The molecule has 2 amide bonds. The Morgan fingerprint density at radius 1 is 0.848 bits per heavy atom. The molecular formula is C27H22F2N2O2. The van der Waals surface area contributed by atoms with E-state index in [2.05, 4.69) is 6.07 Å². The first-order chi connectivity index (χ1) is 15.8. The number of fused-ring (bicyclic) bond motifs is 1. The molecule has 5 rings (SSSR count). The highest BCUT2D eigenvalue weighted by Gasteiger charge is 2.44. The Labute approximate surface area is 190 Å². The molecule has 3 aromatic carbocycles. The van der Waals surface area contributed by atoms with Crippen LogP contribution in [0.15, 0.2) is 66.4 Å². The molecule has 0 saturated carbocycles. The summed E-state index contributed by atoms with van der Waals surface area (Å²) in [5.41, 5.74) is 4.83. The number of imide groups is 1. The Bertz CT molecular complexity index is 1350. The van der Waals surface area contributed by atoms with Gasteiger partial charge in [0.2, 0.25) is 0 Å². The van der Waals surface area contributed by atoms with E-state index in [1.807, 2.05) is 55.1 Å². The summed E-state index contributed by atoms with van der Waals surface area (Å²) in [6.45, 7) is 4.82. The van der Waals surface area contributed by atoms with Gasteiger partial charge in [-0.05, 0) is 54.7 Å². The summed E-state index contributed by atoms with van der Waals surface area (Å²) in [4.78, 5) is 30.0. The number of carbonyl (C=O) groups excluding carboxylic acids is 2. The van der Waals surface area contributed by atoms with Gasteiger partial charge < -0.3 is 4.90 Å². The van der Waals surface area contributed by atoms with Crippen molar-refractivity contribution in [3.8, 4) is 0 Å². The minimum absolute atomic E-state index is 0.223. The number of nitrogens with zero attached hydrogens (tertiary/aromatic N) is 2. The third-order valence-corrected chi connectivity index (χ3v) is 6.31. The maximum atomic E-state index is 14.7. The van der Waals surface area contributed by atoms with Crippen LogP contribution in [0.5, 0.6) is 0 Å². The normalized spacial score (nSPS) is 16.0. The van der Waals surface area contributed by atoms with Crippen molar-refractivity contribution in [2.24, 2.45) is 0 Å². The lowest BCUT2D eigenvalue weighted by atomic mass is 9.95. The number of hydrogen-bond donors (Lipinski definition) is 0. The van der Waals surface area contributed by atoms with E-state index in [4.69, 9.17) is 0 Å². The minimum atomic E-state index is -0.830. The summed E-state index contributed by atoms with van der Waals surface area (Å²) in [5.74, 6) is -2.84. The predicted molar refractivity (Wildman–Crippen MR) is 122 cm³/mol. The summed E-state index contributed by atoms with van der Waals surface area (Å²) >= 11 is 0. The third kappa shape index (κ3) is 3.52. The molecule has 0 atom stereocenters. The number of benzene rings is 3. The van der Waals surface area contributed by atoms with Crippen LogP contribution >= 0.6 is 0 Å². The molecule has 2 heterocycles. The zero-order valence-corrected chi connectivity index (χ0v) is 18.4. The van der Waals surface area contributed by atoms with Crippen molar-refractivity contribution in [1.29, 1.82) is 0 Å². The zero-order valence-electron chi connectivity index (χ0n) is 18.4. The van der Waals surface area contributed by atoms with Gasteiger partial charge in [0, 0.05) is 19.2 Å². The molecule has 166 valence electrons. The van der Waals surface area contributed by atoms with Crippen molar-refractivity contribution in [3.63, 3.8) is 0 Å². The summed E-state index contributed by atoms with van der Waals surface area (Å²) in [7, 11) is 0. The van der Waals surface area contributed by atoms with E-state index < -0.39 is 23.4 Å².